The second kappa shape index (κ2) is 6.47. The summed E-state index contributed by atoms with van der Waals surface area (Å²) in [5, 5.41) is 18.3. The zero-order valence-corrected chi connectivity index (χ0v) is 13.1. The van der Waals surface area contributed by atoms with Crippen LogP contribution < -0.4 is 0 Å². The molecule has 0 bridgehead atoms. The lowest BCUT2D eigenvalue weighted by Crippen LogP contribution is -2.39. The van der Waals surface area contributed by atoms with Crippen molar-refractivity contribution in [3.8, 4) is 0 Å². The zero-order chi connectivity index (χ0) is 16.3. The highest BCUT2D eigenvalue weighted by Gasteiger charge is 2.39. The zero-order valence-electron chi connectivity index (χ0n) is 13.1. The first-order chi connectivity index (χ1) is 11.1. The first-order valence-electron chi connectivity index (χ1n) is 7.54. The fourth-order valence-corrected chi connectivity index (χ4v) is 2.96. The number of hydrogen-bond acceptors (Lipinski definition) is 5. The number of likely N-dealkylation sites (tertiary alicyclic amines) is 1. The summed E-state index contributed by atoms with van der Waals surface area (Å²) in [6.07, 6.45) is 3.80. The van der Waals surface area contributed by atoms with Crippen LogP contribution in [-0.4, -0.2) is 56.7 Å². The number of aromatic nitrogens is 3. The highest BCUT2D eigenvalue weighted by atomic mass is 16.5. The Hall–Kier alpha value is -2.25. The van der Waals surface area contributed by atoms with E-state index in [0.717, 1.165) is 5.56 Å². The maximum Gasteiger partial charge on any atom is 0.254 e. The lowest BCUT2D eigenvalue weighted by molar-refractivity contribution is 0.0266. The lowest BCUT2D eigenvalue weighted by Gasteiger charge is -2.23. The Kier molecular flexibility index (Phi) is 4.40. The summed E-state index contributed by atoms with van der Waals surface area (Å²) in [5.74, 6) is -0.0767. The van der Waals surface area contributed by atoms with Crippen LogP contribution in [0.25, 0.3) is 0 Å². The van der Waals surface area contributed by atoms with Crippen LogP contribution in [0.2, 0.25) is 0 Å². The summed E-state index contributed by atoms with van der Waals surface area (Å²) < 4.78 is 6.74. The molecule has 1 aromatic heterocycles. The number of hydrogen-bond donors (Lipinski definition) is 1. The number of ether oxygens (including phenoxy) is 1. The molecule has 7 nitrogen and oxygen atoms in total. The Morgan fingerprint density at radius 2 is 2.26 bits per heavy atom. The molecule has 1 saturated heterocycles. The maximum atomic E-state index is 12.8. The molecule has 1 unspecified atom stereocenters. The van der Waals surface area contributed by atoms with Gasteiger partial charge in [0.25, 0.3) is 5.91 Å². The van der Waals surface area contributed by atoms with Gasteiger partial charge < -0.3 is 14.7 Å². The van der Waals surface area contributed by atoms with Crippen molar-refractivity contribution in [3.63, 3.8) is 0 Å². The minimum atomic E-state index is -0.973. The van der Waals surface area contributed by atoms with Gasteiger partial charge in [0.15, 0.2) is 0 Å². The van der Waals surface area contributed by atoms with E-state index in [4.69, 9.17) is 4.74 Å². The van der Waals surface area contributed by atoms with Gasteiger partial charge in [-0.2, -0.15) is 0 Å². The van der Waals surface area contributed by atoms with E-state index in [1.807, 2.05) is 18.2 Å². The summed E-state index contributed by atoms with van der Waals surface area (Å²) in [5.41, 5.74) is 0.505. The molecule has 0 spiro atoms. The second-order valence-electron chi connectivity index (χ2n) is 5.89. The molecule has 0 radical (unpaired) electrons. The van der Waals surface area contributed by atoms with Crippen molar-refractivity contribution in [3.05, 3.63) is 47.8 Å². The third-order valence-corrected chi connectivity index (χ3v) is 4.10. The van der Waals surface area contributed by atoms with Crippen molar-refractivity contribution in [2.75, 3.05) is 20.2 Å². The summed E-state index contributed by atoms with van der Waals surface area (Å²) >= 11 is 0. The van der Waals surface area contributed by atoms with Gasteiger partial charge in [-0.1, -0.05) is 23.4 Å². The Labute approximate surface area is 134 Å². The van der Waals surface area contributed by atoms with Crippen LogP contribution in [-0.2, 0) is 17.9 Å². The van der Waals surface area contributed by atoms with E-state index in [9.17, 15) is 9.90 Å². The van der Waals surface area contributed by atoms with Crippen molar-refractivity contribution in [1.29, 1.82) is 0 Å². The molecule has 1 aliphatic rings. The van der Waals surface area contributed by atoms with E-state index in [0.29, 0.717) is 31.7 Å². The quantitative estimate of drug-likeness (QED) is 0.878. The maximum absolute atomic E-state index is 12.8. The summed E-state index contributed by atoms with van der Waals surface area (Å²) in [6, 6.07) is 7.40. The van der Waals surface area contributed by atoms with Gasteiger partial charge in [0.05, 0.1) is 25.9 Å². The molecule has 0 aliphatic carbocycles. The van der Waals surface area contributed by atoms with Crippen LogP contribution in [0.1, 0.15) is 22.3 Å². The minimum absolute atomic E-state index is 0.0767. The molecular formula is C16H20N4O3. The van der Waals surface area contributed by atoms with Gasteiger partial charge in [-0.3, -0.25) is 4.79 Å². The average Bonchev–Trinajstić information content (AvgIpc) is 3.18. The van der Waals surface area contributed by atoms with Gasteiger partial charge in [-0.25, -0.2) is 4.68 Å². The fourth-order valence-electron chi connectivity index (χ4n) is 2.96. The third kappa shape index (κ3) is 3.40. The number of amides is 1. The van der Waals surface area contributed by atoms with Crippen molar-refractivity contribution in [2.45, 2.75) is 25.2 Å². The molecule has 3 rings (SSSR count). The van der Waals surface area contributed by atoms with Gasteiger partial charge >= 0.3 is 0 Å². The predicted molar refractivity (Wildman–Crippen MR) is 82.6 cm³/mol. The highest BCUT2D eigenvalue weighted by Crippen LogP contribution is 2.25. The summed E-state index contributed by atoms with van der Waals surface area (Å²) in [6.45, 7) is 1.52. The first-order valence-corrected chi connectivity index (χ1v) is 7.54. The monoisotopic (exact) mass is 316 g/mol. The van der Waals surface area contributed by atoms with Gasteiger partial charge in [0, 0.05) is 25.4 Å². The highest BCUT2D eigenvalue weighted by molar-refractivity contribution is 5.95. The number of rotatable bonds is 5. The topological polar surface area (TPSA) is 80.5 Å². The van der Waals surface area contributed by atoms with Crippen LogP contribution in [0.4, 0.5) is 0 Å². The molecule has 1 atom stereocenters. The standard InChI is InChI=1S/C16H20N4O3/c1-23-10-13-4-2-3-5-14(13)15(21)19-8-6-16(22,11-19)12-20-9-7-17-18-20/h2-5,7,9,22H,6,8,10-12H2,1H3. The lowest BCUT2D eigenvalue weighted by atomic mass is 10.0. The Morgan fingerprint density at radius 1 is 1.43 bits per heavy atom. The Balaban J connectivity index is 1.72. The number of benzene rings is 1. The van der Waals surface area contributed by atoms with E-state index < -0.39 is 5.60 Å². The predicted octanol–water partition coefficient (Wildman–Crippen LogP) is 0.702. The first kappa shape index (κ1) is 15.6. The molecule has 7 heteroatoms. The molecule has 1 aromatic carbocycles. The van der Waals surface area contributed by atoms with Crippen molar-refractivity contribution in [1.82, 2.24) is 19.9 Å². The number of β-amino-alcohol motifs (C(OH)–C–C–N with tert-alkyl or cyclic N) is 1. The molecule has 23 heavy (non-hydrogen) atoms. The van der Waals surface area contributed by atoms with Gasteiger partial charge in [0.2, 0.25) is 0 Å². The SMILES string of the molecule is COCc1ccccc1C(=O)N1CCC(O)(Cn2ccnn2)C1. The molecule has 1 fully saturated rings. The fraction of sp³-hybridized carbons (Fsp3) is 0.438. The third-order valence-electron chi connectivity index (χ3n) is 4.10. The van der Waals surface area contributed by atoms with Crippen molar-refractivity contribution < 1.29 is 14.6 Å². The summed E-state index contributed by atoms with van der Waals surface area (Å²) in [7, 11) is 1.61. The molecule has 2 aromatic rings. The molecule has 1 N–H and O–H groups in total. The van der Waals surface area contributed by atoms with Crippen molar-refractivity contribution >= 4 is 5.91 Å². The normalized spacial score (nSPS) is 20.9. The number of nitrogens with zero attached hydrogens (tertiary/aromatic N) is 4. The molecule has 1 amide bonds. The van der Waals surface area contributed by atoms with Gasteiger partial charge in [-0.15, -0.1) is 5.10 Å². The molecule has 2 heterocycles. The van der Waals surface area contributed by atoms with Crippen LogP contribution in [0, 0.1) is 0 Å². The number of methoxy groups -OCH3 is 1. The van der Waals surface area contributed by atoms with E-state index in [-0.39, 0.29) is 12.5 Å². The number of carbonyl (C=O) groups excluding carboxylic acids is 1. The van der Waals surface area contributed by atoms with Crippen LogP contribution >= 0.6 is 0 Å². The van der Waals surface area contributed by atoms with E-state index in [2.05, 4.69) is 10.3 Å². The average molecular weight is 316 g/mol. The Morgan fingerprint density at radius 3 is 3.00 bits per heavy atom. The van der Waals surface area contributed by atoms with Gasteiger partial charge in [-0.05, 0) is 18.1 Å². The second-order valence-corrected chi connectivity index (χ2v) is 5.89. The number of carbonyl (C=O) groups is 1. The molecular weight excluding hydrogens is 296 g/mol. The largest absolute Gasteiger partial charge is 0.386 e. The Bertz CT molecular complexity index is 674. The summed E-state index contributed by atoms with van der Waals surface area (Å²) in [4.78, 5) is 14.4. The number of aliphatic hydroxyl groups is 1. The van der Waals surface area contributed by atoms with Gasteiger partial charge in [0.1, 0.15) is 5.60 Å². The smallest absolute Gasteiger partial charge is 0.254 e. The van der Waals surface area contributed by atoms with Crippen LogP contribution in [0.15, 0.2) is 36.7 Å². The van der Waals surface area contributed by atoms with E-state index >= 15 is 0 Å². The molecule has 1 aliphatic heterocycles. The van der Waals surface area contributed by atoms with Crippen LogP contribution in [0.5, 0.6) is 0 Å². The van der Waals surface area contributed by atoms with E-state index in [1.165, 1.54) is 0 Å². The van der Waals surface area contributed by atoms with Crippen molar-refractivity contribution in [2.24, 2.45) is 0 Å². The van der Waals surface area contributed by atoms with Crippen LogP contribution in [0.3, 0.4) is 0 Å². The molecule has 0 saturated carbocycles. The van der Waals surface area contributed by atoms with E-state index in [1.54, 1.807) is 35.2 Å². The minimum Gasteiger partial charge on any atom is -0.386 e. The molecule has 122 valence electrons.